The minimum atomic E-state index is -0.342. The summed E-state index contributed by atoms with van der Waals surface area (Å²) in [5.74, 6) is -0.515. The molecule has 1 amide bonds. The van der Waals surface area contributed by atoms with Crippen LogP contribution in [0.4, 0.5) is 10.1 Å². The maximum atomic E-state index is 12.7. The van der Waals surface area contributed by atoms with Crippen LogP contribution in [0.15, 0.2) is 42.5 Å². The van der Waals surface area contributed by atoms with E-state index in [4.69, 9.17) is 23.2 Å². The number of carbonyl (C=O) groups is 1. The number of benzene rings is 2. The molecule has 0 bridgehead atoms. The Bertz CT molecular complexity index is 594. The first-order valence-electron chi connectivity index (χ1n) is 6.04. The zero-order valence-corrected chi connectivity index (χ0v) is 12.0. The first-order chi connectivity index (χ1) is 9.56. The van der Waals surface area contributed by atoms with E-state index >= 15 is 0 Å². The van der Waals surface area contributed by atoms with E-state index < -0.39 is 0 Å². The largest absolute Gasteiger partial charge is 0.326 e. The lowest BCUT2D eigenvalue weighted by molar-refractivity contribution is -0.116. The lowest BCUT2D eigenvalue weighted by atomic mass is 10.1. The minimum absolute atomic E-state index is 0.174. The number of hydrogen-bond acceptors (Lipinski definition) is 1. The van der Waals surface area contributed by atoms with Crippen molar-refractivity contribution < 1.29 is 9.18 Å². The lowest BCUT2D eigenvalue weighted by Gasteiger charge is -2.08. The van der Waals surface area contributed by atoms with Crippen LogP contribution in [0.1, 0.15) is 12.0 Å². The molecule has 0 aliphatic carbocycles. The van der Waals surface area contributed by atoms with Crippen molar-refractivity contribution in [3.05, 3.63) is 63.9 Å². The van der Waals surface area contributed by atoms with Gasteiger partial charge in [-0.15, -0.1) is 0 Å². The molecule has 0 atom stereocenters. The second-order valence-corrected chi connectivity index (χ2v) is 5.07. The van der Waals surface area contributed by atoms with Crippen LogP contribution in [0.3, 0.4) is 0 Å². The molecule has 5 heteroatoms. The van der Waals surface area contributed by atoms with Crippen LogP contribution in [-0.2, 0) is 11.2 Å². The van der Waals surface area contributed by atoms with Crippen LogP contribution in [0.25, 0.3) is 0 Å². The predicted octanol–water partition coefficient (Wildman–Crippen LogP) is 4.70. The van der Waals surface area contributed by atoms with E-state index in [-0.39, 0.29) is 18.1 Å². The topological polar surface area (TPSA) is 29.1 Å². The third kappa shape index (κ3) is 3.95. The summed E-state index contributed by atoms with van der Waals surface area (Å²) in [6.45, 7) is 0. The Balaban J connectivity index is 1.94. The summed E-state index contributed by atoms with van der Waals surface area (Å²) < 4.78 is 12.7. The Labute approximate surface area is 126 Å². The minimum Gasteiger partial charge on any atom is -0.326 e. The number of nitrogens with one attached hydrogen (secondary N) is 1. The van der Waals surface area contributed by atoms with Gasteiger partial charge in [0.2, 0.25) is 5.91 Å². The van der Waals surface area contributed by atoms with E-state index in [0.717, 1.165) is 5.56 Å². The van der Waals surface area contributed by atoms with E-state index in [9.17, 15) is 9.18 Å². The Morgan fingerprint density at radius 3 is 2.25 bits per heavy atom. The first-order valence-corrected chi connectivity index (χ1v) is 6.80. The van der Waals surface area contributed by atoms with Gasteiger partial charge in [-0.05, 0) is 48.4 Å². The van der Waals surface area contributed by atoms with Crippen molar-refractivity contribution in [1.29, 1.82) is 0 Å². The number of halogens is 3. The smallest absolute Gasteiger partial charge is 0.224 e. The summed E-state index contributed by atoms with van der Waals surface area (Å²) in [4.78, 5) is 11.8. The van der Waals surface area contributed by atoms with Crippen molar-refractivity contribution in [2.45, 2.75) is 12.8 Å². The van der Waals surface area contributed by atoms with Gasteiger partial charge in [0, 0.05) is 22.2 Å². The van der Waals surface area contributed by atoms with Crippen molar-refractivity contribution in [1.82, 2.24) is 0 Å². The SMILES string of the molecule is O=C(CCc1c(Cl)cccc1Cl)Nc1ccc(F)cc1. The molecule has 0 fully saturated rings. The molecule has 1 N–H and O–H groups in total. The van der Waals surface area contributed by atoms with Crippen molar-refractivity contribution in [2.24, 2.45) is 0 Å². The average molecular weight is 312 g/mol. The predicted molar refractivity (Wildman–Crippen MR) is 79.8 cm³/mol. The highest BCUT2D eigenvalue weighted by molar-refractivity contribution is 6.36. The molecule has 2 aromatic rings. The molecule has 0 heterocycles. The molecule has 0 radical (unpaired) electrons. The van der Waals surface area contributed by atoms with Crippen molar-refractivity contribution in [3.63, 3.8) is 0 Å². The van der Waals surface area contributed by atoms with Gasteiger partial charge in [-0.2, -0.15) is 0 Å². The lowest BCUT2D eigenvalue weighted by Crippen LogP contribution is -2.12. The highest BCUT2D eigenvalue weighted by atomic mass is 35.5. The van der Waals surface area contributed by atoms with Gasteiger partial charge in [-0.25, -0.2) is 4.39 Å². The fraction of sp³-hybridized carbons (Fsp3) is 0.133. The fourth-order valence-corrected chi connectivity index (χ4v) is 2.35. The molecular weight excluding hydrogens is 300 g/mol. The normalized spacial score (nSPS) is 10.3. The molecule has 0 unspecified atom stereocenters. The van der Waals surface area contributed by atoms with Gasteiger partial charge < -0.3 is 5.32 Å². The molecule has 0 aliphatic rings. The molecule has 0 aromatic heterocycles. The number of hydrogen-bond donors (Lipinski definition) is 1. The van der Waals surface area contributed by atoms with Gasteiger partial charge in [0.05, 0.1) is 0 Å². The molecule has 0 aliphatic heterocycles. The number of anilines is 1. The van der Waals surface area contributed by atoms with Crippen LogP contribution < -0.4 is 5.32 Å². The summed E-state index contributed by atoms with van der Waals surface area (Å²) in [6, 6.07) is 10.8. The van der Waals surface area contributed by atoms with Gasteiger partial charge in [-0.3, -0.25) is 4.79 Å². The van der Waals surface area contributed by atoms with Crippen LogP contribution in [0.5, 0.6) is 0 Å². The van der Waals surface area contributed by atoms with Crippen LogP contribution >= 0.6 is 23.2 Å². The van der Waals surface area contributed by atoms with Crippen molar-refractivity contribution >= 4 is 34.8 Å². The van der Waals surface area contributed by atoms with Gasteiger partial charge in [0.1, 0.15) is 5.82 Å². The van der Waals surface area contributed by atoms with E-state index in [1.165, 1.54) is 24.3 Å². The second-order valence-electron chi connectivity index (χ2n) is 4.26. The summed E-state index contributed by atoms with van der Waals surface area (Å²) in [7, 11) is 0. The summed E-state index contributed by atoms with van der Waals surface area (Å²) in [5, 5.41) is 3.78. The number of carbonyl (C=O) groups excluding carboxylic acids is 1. The molecule has 2 nitrogen and oxygen atoms in total. The number of rotatable bonds is 4. The maximum Gasteiger partial charge on any atom is 0.224 e. The second kappa shape index (κ2) is 6.73. The van der Waals surface area contributed by atoms with E-state index in [0.29, 0.717) is 22.2 Å². The Kier molecular flexibility index (Phi) is 4.99. The zero-order chi connectivity index (χ0) is 14.5. The first kappa shape index (κ1) is 14.8. The fourth-order valence-electron chi connectivity index (χ4n) is 1.77. The molecule has 2 rings (SSSR count). The summed E-state index contributed by atoms with van der Waals surface area (Å²) in [5.41, 5.74) is 1.31. The molecule has 0 saturated heterocycles. The van der Waals surface area contributed by atoms with E-state index in [1.54, 1.807) is 18.2 Å². The third-order valence-corrected chi connectivity index (χ3v) is 3.50. The zero-order valence-electron chi connectivity index (χ0n) is 10.5. The van der Waals surface area contributed by atoms with Gasteiger partial charge >= 0.3 is 0 Å². The quantitative estimate of drug-likeness (QED) is 0.871. The van der Waals surface area contributed by atoms with Gasteiger partial charge in [0.25, 0.3) is 0 Å². The van der Waals surface area contributed by atoms with Gasteiger partial charge in [0.15, 0.2) is 0 Å². The Morgan fingerprint density at radius 2 is 1.65 bits per heavy atom. The molecule has 0 spiro atoms. The highest BCUT2D eigenvalue weighted by Crippen LogP contribution is 2.25. The number of amides is 1. The van der Waals surface area contributed by atoms with E-state index in [2.05, 4.69) is 5.32 Å². The summed E-state index contributed by atoms with van der Waals surface area (Å²) >= 11 is 12.1. The van der Waals surface area contributed by atoms with Crippen LogP contribution in [0, 0.1) is 5.82 Å². The summed E-state index contributed by atoms with van der Waals surface area (Å²) in [6.07, 6.45) is 0.701. The van der Waals surface area contributed by atoms with Crippen molar-refractivity contribution in [3.8, 4) is 0 Å². The van der Waals surface area contributed by atoms with E-state index in [1.807, 2.05) is 0 Å². The average Bonchev–Trinajstić information content (AvgIpc) is 2.41. The molecule has 104 valence electrons. The van der Waals surface area contributed by atoms with Crippen LogP contribution in [0.2, 0.25) is 10.0 Å². The molecular formula is C15H12Cl2FNO. The third-order valence-electron chi connectivity index (χ3n) is 2.79. The van der Waals surface area contributed by atoms with Gasteiger partial charge in [-0.1, -0.05) is 29.3 Å². The monoisotopic (exact) mass is 311 g/mol. The maximum absolute atomic E-state index is 12.7. The molecule has 0 saturated carbocycles. The highest BCUT2D eigenvalue weighted by Gasteiger charge is 2.09. The Morgan fingerprint density at radius 1 is 1.05 bits per heavy atom. The molecule has 20 heavy (non-hydrogen) atoms. The van der Waals surface area contributed by atoms with Crippen molar-refractivity contribution in [2.75, 3.05) is 5.32 Å². The standard InChI is InChI=1S/C15H12Cl2FNO/c16-13-2-1-3-14(17)12(13)8-9-15(20)19-11-6-4-10(18)5-7-11/h1-7H,8-9H2,(H,19,20). The molecule has 2 aromatic carbocycles. The Hall–Kier alpha value is -1.58. The van der Waals surface area contributed by atoms with Crippen LogP contribution in [-0.4, -0.2) is 5.91 Å².